The molecule has 3 aromatic rings. The number of rotatable bonds is 4. The summed E-state index contributed by atoms with van der Waals surface area (Å²) in [4.78, 5) is 22.9. The van der Waals surface area contributed by atoms with E-state index in [2.05, 4.69) is 19.9 Å². The van der Waals surface area contributed by atoms with Crippen molar-refractivity contribution < 1.29 is 36.3 Å². The smallest absolute Gasteiger partial charge is 0.421 e. The maximum absolute atomic E-state index is 14.4. The second kappa shape index (κ2) is 7.00. The lowest BCUT2D eigenvalue weighted by Crippen LogP contribution is -2.52. The van der Waals surface area contributed by atoms with E-state index in [0.29, 0.717) is 27.9 Å². The molecule has 0 unspecified atom stereocenters. The number of hydrogen-bond acceptors (Lipinski definition) is 7. The molecule has 0 radical (unpaired) electrons. The van der Waals surface area contributed by atoms with Gasteiger partial charge in [0.15, 0.2) is 17.3 Å². The Morgan fingerprint density at radius 1 is 1.06 bits per heavy atom. The lowest BCUT2D eigenvalue weighted by Gasteiger charge is -2.31. The molecule has 32 heavy (non-hydrogen) atoms. The predicted octanol–water partition coefficient (Wildman–Crippen LogP) is 2.79. The Kier molecular flexibility index (Phi) is 4.64. The van der Waals surface area contributed by atoms with Gasteiger partial charge in [-0.1, -0.05) is 6.07 Å². The Balaban J connectivity index is 1.68. The van der Waals surface area contributed by atoms with Crippen molar-refractivity contribution in [2.45, 2.75) is 25.7 Å². The molecule has 10 nitrogen and oxygen atoms in total. The summed E-state index contributed by atoms with van der Waals surface area (Å²) in [5, 5.41) is 17.9. The van der Waals surface area contributed by atoms with Gasteiger partial charge < -0.3 is 9.47 Å². The van der Waals surface area contributed by atoms with Gasteiger partial charge in [-0.2, -0.15) is 26.9 Å². The molecule has 4 rings (SSSR count). The summed E-state index contributed by atoms with van der Waals surface area (Å²) in [5.41, 5.74) is -1.08. The van der Waals surface area contributed by atoms with Gasteiger partial charge in [-0.3, -0.25) is 10.1 Å². The number of ether oxygens (including phenoxy) is 2. The number of tetrazole rings is 1. The van der Waals surface area contributed by atoms with Crippen molar-refractivity contribution in [3.63, 3.8) is 0 Å². The van der Waals surface area contributed by atoms with Crippen LogP contribution in [0.5, 0.6) is 11.5 Å². The van der Waals surface area contributed by atoms with Crippen molar-refractivity contribution >= 4 is 5.69 Å². The van der Waals surface area contributed by atoms with Gasteiger partial charge in [0.2, 0.25) is 0 Å². The summed E-state index contributed by atoms with van der Waals surface area (Å²) in [6.45, 7) is 1.29. The first-order chi connectivity index (χ1) is 14.9. The molecule has 0 N–H and O–H groups in total. The summed E-state index contributed by atoms with van der Waals surface area (Å²) in [5.74, 6) is -3.23. The van der Waals surface area contributed by atoms with Crippen molar-refractivity contribution in [2.75, 3.05) is 0 Å². The molecule has 1 aliphatic rings. The number of aromatic nitrogens is 4. The maximum atomic E-state index is 14.4. The minimum absolute atomic E-state index is 0.134. The summed E-state index contributed by atoms with van der Waals surface area (Å²) >= 11 is 0. The van der Waals surface area contributed by atoms with Gasteiger partial charge in [-0.25, -0.2) is 9.18 Å². The summed E-state index contributed by atoms with van der Waals surface area (Å²) in [6.07, 6.45) is -10.1. The number of nitrogens with zero attached hydrogens (tertiary/aromatic N) is 5. The van der Waals surface area contributed by atoms with Crippen molar-refractivity contribution in [1.82, 2.24) is 19.8 Å². The number of fused-ring (bicyclic) bond motifs is 1. The van der Waals surface area contributed by atoms with E-state index in [1.807, 2.05) is 0 Å². The Morgan fingerprint density at radius 2 is 1.69 bits per heavy atom. The third kappa shape index (κ3) is 3.40. The minimum atomic E-state index is -5.04. The van der Waals surface area contributed by atoms with Crippen LogP contribution < -0.4 is 15.2 Å². The van der Waals surface area contributed by atoms with Crippen LogP contribution >= 0.6 is 0 Å². The van der Waals surface area contributed by atoms with Gasteiger partial charge in [0.25, 0.3) is 5.69 Å². The first-order valence-corrected chi connectivity index (χ1v) is 8.64. The van der Waals surface area contributed by atoms with E-state index in [-0.39, 0.29) is 12.2 Å². The standard InChI is InChI=1S/C17H10F5N5O5/c1-8-4-9(2-3-11(8)27(29)30)7-25-15(28)26(24-23-25)12-6-14-13(5-10(12)18)31-16(19,20)17(21,22)32-14/h2-6H,7H2,1H3. The lowest BCUT2D eigenvalue weighted by molar-refractivity contribution is -0.391. The van der Waals surface area contributed by atoms with E-state index in [0.717, 1.165) is 4.68 Å². The number of benzene rings is 2. The van der Waals surface area contributed by atoms with Crippen LogP contribution in [0.2, 0.25) is 0 Å². The number of alkyl halides is 4. The molecule has 0 fully saturated rings. The predicted molar refractivity (Wildman–Crippen MR) is 93.7 cm³/mol. The monoisotopic (exact) mass is 459 g/mol. The lowest BCUT2D eigenvalue weighted by atomic mass is 10.1. The zero-order valence-electron chi connectivity index (χ0n) is 15.8. The zero-order chi connectivity index (χ0) is 23.4. The van der Waals surface area contributed by atoms with Crippen molar-refractivity contribution in [2.24, 2.45) is 0 Å². The fourth-order valence-corrected chi connectivity index (χ4v) is 2.96. The molecule has 1 aromatic heterocycles. The van der Waals surface area contributed by atoms with Crippen molar-refractivity contribution in [1.29, 1.82) is 0 Å². The quantitative estimate of drug-likeness (QED) is 0.335. The molecule has 2 heterocycles. The topological polar surface area (TPSA) is 114 Å². The van der Waals surface area contributed by atoms with Crippen LogP contribution in [0.25, 0.3) is 5.69 Å². The molecule has 0 atom stereocenters. The molecule has 168 valence electrons. The Labute approximate surface area is 173 Å². The third-order valence-electron chi connectivity index (χ3n) is 4.49. The van der Waals surface area contributed by atoms with Gasteiger partial charge in [-0.05, 0) is 29.0 Å². The van der Waals surface area contributed by atoms with Crippen LogP contribution in [0.1, 0.15) is 11.1 Å². The first-order valence-electron chi connectivity index (χ1n) is 8.64. The fourth-order valence-electron chi connectivity index (χ4n) is 2.96. The molecular weight excluding hydrogens is 449 g/mol. The van der Waals surface area contributed by atoms with Gasteiger partial charge in [0, 0.05) is 23.8 Å². The Bertz CT molecular complexity index is 1310. The minimum Gasteiger partial charge on any atom is -0.421 e. The van der Waals surface area contributed by atoms with E-state index in [4.69, 9.17) is 0 Å². The molecule has 0 spiro atoms. The highest BCUT2D eigenvalue weighted by Crippen LogP contribution is 2.47. The van der Waals surface area contributed by atoms with E-state index in [1.54, 1.807) is 0 Å². The Morgan fingerprint density at radius 3 is 2.28 bits per heavy atom. The van der Waals surface area contributed by atoms with E-state index in [1.165, 1.54) is 25.1 Å². The van der Waals surface area contributed by atoms with Gasteiger partial charge >= 0.3 is 17.9 Å². The van der Waals surface area contributed by atoms with Crippen LogP contribution in [0, 0.1) is 22.9 Å². The molecule has 15 heteroatoms. The zero-order valence-corrected chi connectivity index (χ0v) is 15.8. The van der Waals surface area contributed by atoms with Crippen molar-refractivity contribution in [3.05, 3.63) is 67.9 Å². The second-order valence-corrected chi connectivity index (χ2v) is 6.70. The molecule has 0 saturated carbocycles. The molecule has 0 saturated heterocycles. The number of aryl methyl sites for hydroxylation is 1. The van der Waals surface area contributed by atoms with Crippen molar-refractivity contribution in [3.8, 4) is 17.2 Å². The van der Waals surface area contributed by atoms with Crippen LogP contribution in [-0.2, 0) is 6.54 Å². The summed E-state index contributed by atoms with van der Waals surface area (Å²) in [6, 6.07) is 4.94. The highest BCUT2D eigenvalue weighted by molar-refractivity contribution is 5.50. The average molecular weight is 459 g/mol. The first kappa shape index (κ1) is 21.2. The van der Waals surface area contributed by atoms with E-state index >= 15 is 0 Å². The van der Waals surface area contributed by atoms with E-state index in [9.17, 15) is 36.9 Å². The largest absolute Gasteiger partial charge is 0.507 e. The SMILES string of the molecule is Cc1cc(Cn2nnn(-c3cc4c(cc3F)OC(F)(F)C(F)(F)O4)c2=O)ccc1[N+](=O)[O-]. The number of nitro groups is 1. The maximum Gasteiger partial charge on any atom is 0.507 e. The molecule has 2 aromatic carbocycles. The van der Waals surface area contributed by atoms with Crippen LogP contribution in [0.4, 0.5) is 27.6 Å². The van der Waals surface area contributed by atoms with Gasteiger partial charge in [0.1, 0.15) is 5.69 Å². The molecule has 0 bridgehead atoms. The van der Waals surface area contributed by atoms with Gasteiger partial charge in [-0.15, -0.1) is 0 Å². The second-order valence-electron chi connectivity index (χ2n) is 6.70. The number of nitro benzene ring substituents is 1. The summed E-state index contributed by atoms with van der Waals surface area (Å²) < 4.78 is 76.7. The molecule has 0 amide bonds. The Hall–Kier alpha value is -4.04. The number of hydrogen-bond donors (Lipinski definition) is 0. The van der Waals surface area contributed by atoms with E-state index < -0.39 is 45.8 Å². The van der Waals surface area contributed by atoms with Crippen LogP contribution in [0.3, 0.4) is 0 Å². The highest BCUT2D eigenvalue weighted by Gasteiger charge is 2.66. The normalized spacial score (nSPS) is 16.1. The van der Waals surface area contributed by atoms with Crippen LogP contribution in [0.15, 0.2) is 35.1 Å². The fraction of sp³-hybridized carbons (Fsp3) is 0.235. The van der Waals surface area contributed by atoms with Crippen LogP contribution in [-0.4, -0.2) is 36.9 Å². The third-order valence-corrected chi connectivity index (χ3v) is 4.49. The average Bonchev–Trinajstić information content (AvgIpc) is 3.02. The summed E-state index contributed by atoms with van der Waals surface area (Å²) in [7, 11) is 0. The molecule has 0 aliphatic carbocycles. The van der Waals surface area contributed by atoms with Gasteiger partial charge in [0.05, 0.1) is 11.5 Å². The highest BCUT2D eigenvalue weighted by atomic mass is 19.3. The molecular formula is C17H10F5N5O5. The number of halogens is 5. The molecule has 1 aliphatic heterocycles.